The largest absolute Gasteiger partial charge is 0.372 e. The van der Waals surface area contributed by atoms with Crippen LogP contribution in [0.5, 0.6) is 0 Å². The molecule has 2 fully saturated rings. The monoisotopic (exact) mass is 389 g/mol. The van der Waals surface area contributed by atoms with Gasteiger partial charge in [-0.2, -0.15) is 5.10 Å². The minimum Gasteiger partial charge on any atom is -0.372 e. The van der Waals surface area contributed by atoms with Gasteiger partial charge in [0.05, 0.1) is 16.6 Å². The standard InChI is InChI=1S/C23H27N5O/c1-15-21-19(14-20(16-6-7-16)25-22(21)27(2)26-15)23(29)24-17-8-10-18(11-9-17)28-12-4-3-5-13-28/h8-11,14,16H,3-7,12-13H2,1-2H3,(H,24,29). The summed E-state index contributed by atoms with van der Waals surface area (Å²) in [7, 11) is 1.89. The molecular formula is C23H27N5O. The van der Waals surface area contributed by atoms with Gasteiger partial charge in [-0.15, -0.1) is 0 Å². The smallest absolute Gasteiger partial charge is 0.256 e. The predicted molar refractivity (Wildman–Crippen MR) is 116 cm³/mol. The molecule has 2 aromatic heterocycles. The molecule has 1 saturated carbocycles. The first-order valence-corrected chi connectivity index (χ1v) is 10.6. The number of hydrogen-bond donors (Lipinski definition) is 1. The van der Waals surface area contributed by atoms with Crippen LogP contribution in [0.25, 0.3) is 11.0 Å². The van der Waals surface area contributed by atoms with Crippen LogP contribution >= 0.6 is 0 Å². The number of aromatic nitrogens is 3. The van der Waals surface area contributed by atoms with Crippen molar-refractivity contribution in [1.82, 2.24) is 14.8 Å². The number of nitrogens with zero attached hydrogens (tertiary/aromatic N) is 4. The van der Waals surface area contributed by atoms with E-state index >= 15 is 0 Å². The number of carbonyl (C=O) groups is 1. The third-order valence-electron chi connectivity index (χ3n) is 6.08. The highest BCUT2D eigenvalue weighted by Gasteiger charge is 2.28. The van der Waals surface area contributed by atoms with Crippen LogP contribution in [0.2, 0.25) is 0 Å². The Hall–Kier alpha value is -2.89. The second-order valence-electron chi connectivity index (χ2n) is 8.33. The first kappa shape index (κ1) is 18.2. The Morgan fingerprint density at radius 2 is 1.83 bits per heavy atom. The van der Waals surface area contributed by atoms with Crippen molar-refractivity contribution >= 4 is 28.3 Å². The molecule has 1 amide bonds. The van der Waals surface area contributed by atoms with Gasteiger partial charge in [-0.05, 0) is 69.4 Å². The average molecular weight is 390 g/mol. The SMILES string of the molecule is Cc1nn(C)c2nc(C3CC3)cc(C(=O)Nc3ccc(N4CCCCC4)cc3)c12. The normalized spacial score (nSPS) is 17.0. The van der Waals surface area contributed by atoms with Gasteiger partial charge in [-0.1, -0.05) is 0 Å². The van der Waals surface area contributed by atoms with Gasteiger partial charge >= 0.3 is 0 Å². The van der Waals surface area contributed by atoms with E-state index in [0.29, 0.717) is 11.5 Å². The maximum atomic E-state index is 13.2. The molecule has 0 radical (unpaired) electrons. The Balaban J connectivity index is 1.42. The van der Waals surface area contributed by atoms with E-state index in [1.54, 1.807) is 4.68 Å². The van der Waals surface area contributed by atoms with Crippen molar-refractivity contribution in [3.05, 3.63) is 47.3 Å². The maximum absolute atomic E-state index is 13.2. The van der Waals surface area contributed by atoms with E-state index < -0.39 is 0 Å². The van der Waals surface area contributed by atoms with Crippen molar-refractivity contribution in [2.45, 2.75) is 44.9 Å². The summed E-state index contributed by atoms with van der Waals surface area (Å²) in [6, 6.07) is 10.2. The molecule has 5 rings (SSSR count). The molecule has 1 N–H and O–H groups in total. The number of pyridine rings is 1. The minimum absolute atomic E-state index is 0.0962. The number of benzene rings is 1. The van der Waals surface area contributed by atoms with Crippen LogP contribution in [-0.4, -0.2) is 33.8 Å². The van der Waals surface area contributed by atoms with Crippen molar-refractivity contribution in [3.63, 3.8) is 0 Å². The zero-order chi connectivity index (χ0) is 20.0. The number of anilines is 2. The van der Waals surface area contributed by atoms with Gasteiger partial charge in [-0.25, -0.2) is 4.98 Å². The molecular weight excluding hydrogens is 362 g/mol. The van der Waals surface area contributed by atoms with Crippen LogP contribution in [0.4, 0.5) is 11.4 Å². The van der Waals surface area contributed by atoms with Crippen LogP contribution in [0.3, 0.4) is 0 Å². The lowest BCUT2D eigenvalue weighted by atomic mass is 10.1. The molecule has 3 heterocycles. The molecule has 0 unspecified atom stereocenters. The van der Waals surface area contributed by atoms with Gasteiger partial charge < -0.3 is 10.2 Å². The fourth-order valence-electron chi connectivity index (χ4n) is 4.34. The maximum Gasteiger partial charge on any atom is 0.256 e. The fourth-order valence-corrected chi connectivity index (χ4v) is 4.34. The van der Waals surface area contributed by atoms with Crippen LogP contribution in [-0.2, 0) is 7.05 Å². The van der Waals surface area contributed by atoms with Crippen molar-refractivity contribution < 1.29 is 4.79 Å². The van der Waals surface area contributed by atoms with Gasteiger partial charge in [-0.3, -0.25) is 9.48 Å². The molecule has 0 atom stereocenters. The molecule has 1 saturated heterocycles. The Kier molecular flexibility index (Phi) is 4.49. The summed E-state index contributed by atoms with van der Waals surface area (Å²) in [5.41, 5.74) is 5.34. The summed E-state index contributed by atoms with van der Waals surface area (Å²) in [6.45, 7) is 4.17. The average Bonchev–Trinajstić information content (AvgIpc) is 3.55. The summed E-state index contributed by atoms with van der Waals surface area (Å²) in [5.74, 6) is 0.381. The molecule has 6 nitrogen and oxygen atoms in total. The van der Waals surface area contributed by atoms with E-state index in [2.05, 4.69) is 27.4 Å². The summed E-state index contributed by atoms with van der Waals surface area (Å²) in [6.07, 6.45) is 6.12. The molecule has 29 heavy (non-hydrogen) atoms. The quantitative estimate of drug-likeness (QED) is 0.718. The molecule has 1 aliphatic heterocycles. The Bertz CT molecular complexity index is 1060. The molecule has 1 aliphatic carbocycles. The fraction of sp³-hybridized carbons (Fsp3) is 0.435. The highest BCUT2D eigenvalue weighted by molar-refractivity contribution is 6.12. The lowest BCUT2D eigenvalue weighted by Gasteiger charge is -2.28. The van der Waals surface area contributed by atoms with E-state index in [1.807, 2.05) is 32.2 Å². The molecule has 0 bridgehead atoms. The van der Waals surface area contributed by atoms with Gasteiger partial charge in [0.2, 0.25) is 0 Å². The van der Waals surface area contributed by atoms with Gasteiger partial charge in [0.15, 0.2) is 5.65 Å². The predicted octanol–water partition coefficient (Wildman–Crippen LogP) is 4.40. The molecule has 150 valence electrons. The minimum atomic E-state index is -0.0962. The number of fused-ring (bicyclic) bond motifs is 1. The third-order valence-corrected chi connectivity index (χ3v) is 6.08. The second kappa shape index (κ2) is 7.17. The summed E-state index contributed by atoms with van der Waals surface area (Å²) in [4.78, 5) is 20.4. The van der Waals surface area contributed by atoms with Crippen LogP contribution in [0.1, 0.15) is 59.8 Å². The highest BCUT2D eigenvalue weighted by Crippen LogP contribution is 2.40. The van der Waals surface area contributed by atoms with Gasteiger partial charge in [0, 0.05) is 43.1 Å². The number of nitrogens with one attached hydrogen (secondary N) is 1. The van der Waals surface area contributed by atoms with Gasteiger partial charge in [0.1, 0.15) is 0 Å². The second-order valence-corrected chi connectivity index (χ2v) is 8.33. The Morgan fingerprint density at radius 3 is 2.52 bits per heavy atom. The number of rotatable bonds is 4. The number of hydrogen-bond acceptors (Lipinski definition) is 4. The van der Waals surface area contributed by atoms with Crippen molar-refractivity contribution in [2.24, 2.45) is 7.05 Å². The number of carbonyl (C=O) groups excluding carboxylic acids is 1. The number of amides is 1. The molecule has 2 aliphatic rings. The van der Waals surface area contributed by atoms with Crippen LogP contribution in [0.15, 0.2) is 30.3 Å². The first-order valence-electron chi connectivity index (χ1n) is 10.6. The Morgan fingerprint density at radius 1 is 1.10 bits per heavy atom. The van der Waals surface area contributed by atoms with E-state index in [-0.39, 0.29) is 5.91 Å². The zero-order valence-corrected chi connectivity index (χ0v) is 17.1. The van der Waals surface area contributed by atoms with Crippen LogP contribution in [0, 0.1) is 6.92 Å². The van der Waals surface area contributed by atoms with Crippen molar-refractivity contribution in [2.75, 3.05) is 23.3 Å². The van der Waals surface area contributed by atoms with E-state index in [0.717, 1.165) is 54.0 Å². The summed E-state index contributed by atoms with van der Waals surface area (Å²) >= 11 is 0. The molecule has 0 spiro atoms. The topological polar surface area (TPSA) is 63.1 Å². The molecule has 6 heteroatoms. The molecule has 1 aromatic carbocycles. The number of piperidine rings is 1. The van der Waals surface area contributed by atoms with E-state index in [4.69, 9.17) is 4.98 Å². The van der Waals surface area contributed by atoms with Crippen LogP contribution < -0.4 is 10.2 Å². The van der Waals surface area contributed by atoms with Crippen molar-refractivity contribution in [3.8, 4) is 0 Å². The van der Waals surface area contributed by atoms with E-state index in [1.165, 1.54) is 24.9 Å². The summed E-state index contributed by atoms with van der Waals surface area (Å²) < 4.78 is 1.78. The Labute approximate surface area is 170 Å². The lowest BCUT2D eigenvalue weighted by molar-refractivity contribution is 0.102. The first-order chi connectivity index (χ1) is 14.1. The highest BCUT2D eigenvalue weighted by atomic mass is 16.1. The van der Waals surface area contributed by atoms with Crippen molar-refractivity contribution in [1.29, 1.82) is 0 Å². The number of aryl methyl sites for hydroxylation is 2. The lowest BCUT2D eigenvalue weighted by Crippen LogP contribution is -2.29. The van der Waals surface area contributed by atoms with Gasteiger partial charge in [0.25, 0.3) is 5.91 Å². The summed E-state index contributed by atoms with van der Waals surface area (Å²) in [5, 5.41) is 8.42. The molecule has 3 aromatic rings. The zero-order valence-electron chi connectivity index (χ0n) is 17.1. The van der Waals surface area contributed by atoms with E-state index in [9.17, 15) is 4.79 Å². The third kappa shape index (κ3) is 3.48.